The molecule has 2 nitrogen and oxygen atoms in total. The molecule has 4 atom stereocenters. The van der Waals surface area contributed by atoms with Gasteiger partial charge in [-0.2, -0.15) is 0 Å². The largest absolute Gasteiger partial charge is 0.366 e. The molecule has 0 bridgehead atoms. The van der Waals surface area contributed by atoms with Crippen molar-refractivity contribution in [2.45, 2.75) is 38.9 Å². The number of nitrogens with one attached hydrogen (secondary N) is 1. The molecule has 150 valence electrons. The zero-order valence-electron chi connectivity index (χ0n) is 18.0. The standard InChI is InChI=1S/C26H32N2Si/c1-18(2)21-17-26(20-12-6-5-11-19(20)21)29(3,4)28-24-15-9-7-13-22(24)27-23-14-8-10-16-25(23)28/h5-16,18-21,26-27H,17H2,1-4H3/t19-,20+,21-,26?/m1/s1. The molecule has 2 aliphatic carbocycles. The summed E-state index contributed by atoms with van der Waals surface area (Å²) in [6.07, 6.45) is 10.9. The molecule has 1 heterocycles. The Kier molecular flexibility index (Phi) is 4.47. The first-order valence-corrected chi connectivity index (χ1v) is 14.1. The Morgan fingerprint density at radius 1 is 0.862 bits per heavy atom. The Hall–Kier alpha value is -2.26. The van der Waals surface area contributed by atoms with Gasteiger partial charge in [-0.05, 0) is 59.9 Å². The van der Waals surface area contributed by atoms with Crippen molar-refractivity contribution in [1.29, 1.82) is 0 Å². The van der Waals surface area contributed by atoms with E-state index in [1.165, 1.54) is 29.2 Å². The Morgan fingerprint density at radius 3 is 2.00 bits per heavy atom. The van der Waals surface area contributed by atoms with Gasteiger partial charge in [-0.15, -0.1) is 0 Å². The van der Waals surface area contributed by atoms with Crippen LogP contribution in [0.3, 0.4) is 0 Å². The molecule has 1 N–H and O–H groups in total. The molecular weight excluding hydrogens is 368 g/mol. The van der Waals surface area contributed by atoms with Gasteiger partial charge in [0.1, 0.15) is 0 Å². The van der Waals surface area contributed by atoms with E-state index in [2.05, 4.69) is 110 Å². The minimum atomic E-state index is -1.86. The van der Waals surface area contributed by atoms with Crippen molar-refractivity contribution in [3.63, 3.8) is 0 Å². The fourth-order valence-electron chi connectivity index (χ4n) is 6.17. The highest BCUT2D eigenvalue weighted by Gasteiger charge is 2.52. The zero-order chi connectivity index (χ0) is 20.2. The molecule has 0 aromatic heterocycles. The molecule has 2 aromatic rings. The molecule has 0 spiro atoms. The second kappa shape index (κ2) is 6.91. The molecular formula is C26H32N2Si. The topological polar surface area (TPSA) is 15.3 Å². The van der Waals surface area contributed by atoms with Crippen LogP contribution >= 0.6 is 0 Å². The van der Waals surface area contributed by atoms with E-state index < -0.39 is 8.24 Å². The third kappa shape index (κ3) is 2.90. The van der Waals surface area contributed by atoms with Crippen molar-refractivity contribution in [2.24, 2.45) is 23.7 Å². The Morgan fingerprint density at radius 2 is 1.41 bits per heavy atom. The smallest absolute Gasteiger partial charge is 0.160 e. The summed E-state index contributed by atoms with van der Waals surface area (Å²) in [5.74, 6) is 2.89. The number of nitrogens with zero attached hydrogens (tertiary/aromatic N) is 1. The number of rotatable bonds is 3. The van der Waals surface area contributed by atoms with Crippen LogP contribution in [0.5, 0.6) is 0 Å². The molecule has 0 amide bonds. The summed E-state index contributed by atoms with van der Waals surface area (Å²) >= 11 is 0. The second-order valence-corrected chi connectivity index (χ2v) is 14.3. The first kappa shape index (κ1) is 18.7. The van der Waals surface area contributed by atoms with E-state index in [9.17, 15) is 0 Å². The monoisotopic (exact) mass is 400 g/mol. The summed E-state index contributed by atoms with van der Waals surface area (Å²) in [5, 5.41) is 3.67. The predicted octanol–water partition coefficient (Wildman–Crippen LogP) is 7.49. The molecule has 3 heteroatoms. The lowest BCUT2D eigenvalue weighted by Crippen LogP contribution is -2.52. The lowest BCUT2D eigenvalue weighted by molar-refractivity contribution is 0.320. The minimum absolute atomic E-state index is 0.670. The summed E-state index contributed by atoms with van der Waals surface area (Å²) in [5.41, 5.74) is 5.91. The van der Waals surface area contributed by atoms with Gasteiger partial charge in [0.2, 0.25) is 0 Å². The number of para-hydroxylation sites is 4. The quantitative estimate of drug-likeness (QED) is 0.537. The van der Waals surface area contributed by atoms with Crippen molar-refractivity contribution in [1.82, 2.24) is 0 Å². The van der Waals surface area contributed by atoms with E-state index in [0.29, 0.717) is 11.8 Å². The van der Waals surface area contributed by atoms with Gasteiger partial charge in [0.05, 0.1) is 22.7 Å². The van der Waals surface area contributed by atoms with Gasteiger partial charge in [-0.3, -0.25) is 0 Å². The highest BCUT2D eigenvalue weighted by atomic mass is 28.3. The average Bonchev–Trinajstić information content (AvgIpc) is 3.12. The van der Waals surface area contributed by atoms with E-state index in [1.807, 2.05) is 0 Å². The van der Waals surface area contributed by atoms with Crippen molar-refractivity contribution in [2.75, 3.05) is 9.88 Å². The van der Waals surface area contributed by atoms with Crippen LogP contribution in [0, 0.1) is 23.7 Å². The number of benzene rings is 2. The van der Waals surface area contributed by atoms with E-state index >= 15 is 0 Å². The number of allylic oxidation sites excluding steroid dienone is 4. The van der Waals surface area contributed by atoms with Crippen LogP contribution in [0.1, 0.15) is 20.3 Å². The van der Waals surface area contributed by atoms with Gasteiger partial charge in [-0.25, -0.2) is 0 Å². The second-order valence-electron chi connectivity index (χ2n) is 9.82. The summed E-state index contributed by atoms with van der Waals surface area (Å²) < 4.78 is 2.75. The number of fused-ring (bicyclic) bond motifs is 3. The predicted molar refractivity (Wildman–Crippen MR) is 128 cm³/mol. The maximum Gasteiger partial charge on any atom is 0.160 e. The van der Waals surface area contributed by atoms with Crippen LogP contribution in [0.4, 0.5) is 22.7 Å². The van der Waals surface area contributed by atoms with Gasteiger partial charge in [0, 0.05) is 0 Å². The molecule has 0 saturated heterocycles. The van der Waals surface area contributed by atoms with Crippen molar-refractivity contribution in [3.05, 3.63) is 72.8 Å². The van der Waals surface area contributed by atoms with Gasteiger partial charge < -0.3 is 9.88 Å². The van der Waals surface area contributed by atoms with Gasteiger partial charge in [0.15, 0.2) is 8.24 Å². The lowest BCUT2D eigenvalue weighted by atomic mass is 9.81. The Labute approximate surface area is 176 Å². The van der Waals surface area contributed by atoms with Crippen LogP contribution < -0.4 is 9.88 Å². The van der Waals surface area contributed by atoms with Gasteiger partial charge in [0.25, 0.3) is 0 Å². The summed E-state index contributed by atoms with van der Waals surface area (Å²) in [7, 11) is -1.86. The van der Waals surface area contributed by atoms with Crippen LogP contribution in [-0.4, -0.2) is 8.24 Å². The van der Waals surface area contributed by atoms with Crippen molar-refractivity contribution < 1.29 is 0 Å². The van der Waals surface area contributed by atoms with Crippen LogP contribution in [0.15, 0.2) is 72.8 Å². The summed E-state index contributed by atoms with van der Waals surface area (Å²) in [4.78, 5) is 0. The van der Waals surface area contributed by atoms with E-state index in [0.717, 1.165) is 17.4 Å². The van der Waals surface area contributed by atoms with E-state index in [4.69, 9.17) is 0 Å². The van der Waals surface area contributed by atoms with Crippen LogP contribution in [0.25, 0.3) is 0 Å². The average molecular weight is 401 g/mol. The van der Waals surface area contributed by atoms with Crippen molar-refractivity contribution >= 4 is 31.0 Å². The third-order valence-electron chi connectivity index (χ3n) is 7.61. The Bertz CT molecular complexity index is 929. The zero-order valence-corrected chi connectivity index (χ0v) is 19.0. The fraction of sp³-hybridized carbons (Fsp3) is 0.385. The Balaban J connectivity index is 1.62. The molecule has 1 fully saturated rings. The van der Waals surface area contributed by atoms with E-state index in [1.54, 1.807) is 0 Å². The normalized spacial score (nSPS) is 27.4. The van der Waals surface area contributed by atoms with Crippen LogP contribution in [0.2, 0.25) is 18.6 Å². The first-order valence-electron chi connectivity index (χ1n) is 11.1. The molecule has 1 aliphatic heterocycles. The first-order chi connectivity index (χ1) is 14.0. The van der Waals surface area contributed by atoms with Gasteiger partial charge >= 0.3 is 0 Å². The SMILES string of the molecule is CC(C)[C@H]1CC([Si](C)(C)N2c3ccccc3Nc3ccccc32)[C@H]2C=CC=C[C@H]21. The molecule has 1 unspecified atom stereocenters. The molecule has 5 rings (SSSR count). The molecule has 3 aliphatic rings. The highest BCUT2D eigenvalue weighted by molar-refractivity contribution is 6.84. The lowest BCUT2D eigenvalue weighted by Gasteiger charge is -2.48. The van der Waals surface area contributed by atoms with E-state index in [-0.39, 0.29) is 0 Å². The molecule has 1 saturated carbocycles. The maximum atomic E-state index is 3.67. The fourth-order valence-corrected chi connectivity index (χ4v) is 10.3. The maximum absolute atomic E-state index is 3.67. The van der Waals surface area contributed by atoms with Crippen molar-refractivity contribution in [3.8, 4) is 0 Å². The highest BCUT2D eigenvalue weighted by Crippen LogP contribution is 2.58. The number of hydrogen-bond donors (Lipinski definition) is 1. The number of hydrogen-bond acceptors (Lipinski definition) is 2. The summed E-state index contributed by atoms with van der Waals surface area (Å²) in [6.45, 7) is 10.0. The molecule has 2 aromatic carbocycles. The molecule has 29 heavy (non-hydrogen) atoms. The van der Waals surface area contributed by atoms with Crippen LogP contribution in [-0.2, 0) is 0 Å². The third-order valence-corrected chi connectivity index (χ3v) is 11.7. The summed E-state index contributed by atoms with van der Waals surface area (Å²) in [6, 6.07) is 17.7. The number of anilines is 4. The van der Waals surface area contributed by atoms with Gasteiger partial charge in [-0.1, -0.05) is 75.5 Å². The minimum Gasteiger partial charge on any atom is -0.366 e. The molecule has 0 radical (unpaired) electrons.